The second-order valence-electron chi connectivity index (χ2n) is 3.90. The Labute approximate surface area is 113 Å². The van der Waals surface area contributed by atoms with Crippen molar-refractivity contribution in [3.63, 3.8) is 0 Å². The van der Waals surface area contributed by atoms with Gasteiger partial charge in [-0.15, -0.1) is 0 Å². The van der Waals surface area contributed by atoms with Crippen molar-refractivity contribution in [2.75, 3.05) is 31.6 Å². The molecule has 0 radical (unpaired) electrons. The molecule has 0 atom stereocenters. The lowest BCUT2D eigenvalue weighted by Crippen LogP contribution is -2.31. The third kappa shape index (κ3) is 7.70. The Morgan fingerprint density at radius 2 is 1.85 bits per heavy atom. The fraction of sp³-hybridized carbons (Fsp3) is 0.417. The summed E-state index contributed by atoms with van der Waals surface area (Å²) in [7, 11) is 0. The largest absolute Gasteiger partial charge is 0.411 e. The fourth-order valence-electron chi connectivity index (χ4n) is 1.27. The van der Waals surface area contributed by atoms with E-state index in [0.29, 0.717) is 5.69 Å². The standard InChI is InChI=1S/C12H14F4N2O2/c13-9-1-3-10(4-2-9)18-11(19)7-17-5-6-20-8-12(14,15)16/h1-4,17H,5-8H2,(H,18,19). The van der Waals surface area contributed by atoms with Crippen LogP contribution in [0.1, 0.15) is 0 Å². The Balaban J connectivity index is 2.10. The molecule has 1 rings (SSSR count). The summed E-state index contributed by atoms with van der Waals surface area (Å²) in [4.78, 5) is 11.4. The number of hydrogen-bond donors (Lipinski definition) is 2. The van der Waals surface area contributed by atoms with E-state index in [1.54, 1.807) is 0 Å². The van der Waals surface area contributed by atoms with E-state index in [1.807, 2.05) is 0 Å². The Kier molecular flexibility index (Phi) is 6.40. The highest BCUT2D eigenvalue weighted by Crippen LogP contribution is 2.13. The van der Waals surface area contributed by atoms with E-state index in [9.17, 15) is 22.4 Å². The van der Waals surface area contributed by atoms with Crippen molar-refractivity contribution in [1.82, 2.24) is 5.32 Å². The molecule has 4 nitrogen and oxygen atoms in total. The summed E-state index contributed by atoms with van der Waals surface area (Å²) in [5, 5.41) is 5.12. The third-order valence-electron chi connectivity index (χ3n) is 2.10. The molecule has 0 aliphatic heterocycles. The van der Waals surface area contributed by atoms with Crippen molar-refractivity contribution in [1.29, 1.82) is 0 Å². The van der Waals surface area contributed by atoms with Gasteiger partial charge in [0.05, 0.1) is 13.2 Å². The van der Waals surface area contributed by atoms with Crippen molar-refractivity contribution < 1.29 is 27.1 Å². The van der Waals surface area contributed by atoms with E-state index in [2.05, 4.69) is 15.4 Å². The lowest BCUT2D eigenvalue weighted by molar-refractivity contribution is -0.173. The number of hydrogen-bond acceptors (Lipinski definition) is 3. The first kappa shape index (κ1) is 16.4. The quantitative estimate of drug-likeness (QED) is 0.597. The van der Waals surface area contributed by atoms with Crippen LogP contribution >= 0.6 is 0 Å². The molecule has 1 aromatic carbocycles. The Morgan fingerprint density at radius 1 is 1.20 bits per heavy atom. The molecule has 112 valence electrons. The van der Waals surface area contributed by atoms with Gasteiger partial charge in [0.15, 0.2) is 0 Å². The molecular weight excluding hydrogens is 280 g/mol. The van der Waals surface area contributed by atoms with Gasteiger partial charge in [0, 0.05) is 12.2 Å². The van der Waals surface area contributed by atoms with E-state index >= 15 is 0 Å². The Bertz CT molecular complexity index is 420. The molecule has 0 heterocycles. The topological polar surface area (TPSA) is 50.4 Å². The van der Waals surface area contributed by atoms with Crippen molar-refractivity contribution in [2.45, 2.75) is 6.18 Å². The number of alkyl halides is 3. The highest BCUT2D eigenvalue weighted by atomic mass is 19.4. The normalized spacial score (nSPS) is 11.4. The van der Waals surface area contributed by atoms with Gasteiger partial charge in [-0.2, -0.15) is 13.2 Å². The molecule has 2 N–H and O–H groups in total. The Hall–Kier alpha value is -1.67. The number of benzene rings is 1. The summed E-state index contributed by atoms with van der Waals surface area (Å²) in [6, 6.07) is 5.21. The lowest BCUT2D eigenvalue weighted by atomic mass is 10.3. The molecule has 1 aromatic rings. The number of rotatable bonds is 7. The van der Waals surface area contributed by atoms with Crippen LogP contribution in [0.15, 0.2) is 24.3 Å². The smallest absolute Gasteiger partial charge is 0.371 e. The van der Waals surface area contributed by atoms with Gasteiger partial charge < -0.3 is 15.4 Å². The van der Waals surface area contributed by atoms with Gasteiger partial charge in [0.1, 0.15) is 12.4 Å². The van der Waals surface area contributed by atoms with Crippen LogP contribution in [0.25, 0.3) is 0 Å². The number of carbonyl (C=O) groups excluding carboxylic acids is 1. The van der Waals surface area contributed by atoms with Gasteiger partial charge >= 0.3 is 6.18 Å². The highest BCUT2D eigenvalue weighted by Gasteiger charge is 2.27. The van der Waals surface area contributed by atoms with Crippen LogP contribution in [0.5, 0.6) is 0 Å². The molecule has 0 aliphatic rings. The van der Waals surface area contributed by atoms with Gasteiger partial charge in [0.2, 0.25) is 5.91 Å². The van der Waals surface area contributed by atoms with Gasteiger partial charge in [-0.05, 0) is 24.3 Å². The minimum Gasteiger partial charge on any atom is -0.371 e. The summed E-state index contributed by atoms with van der Waals surface area (Å²) in [5.74, 6) is -0.796. The van der Waals surface area contributed by atoms with Crippen LogP contribution in [-0.2, 0) is 9.53 Å². The molecule has 0 saturated carbocycles. The summed E-state index contributed by atoms with van der Waals surface area (Å²) >= 11 is 0. The molecule has 0 saturated heterocycles. The SMILES string of the molecule is O=C(CNCCOCC(F)(F)F)Nc1ccc(F)cc1. The van der Waals surface area contributed by atoms with Gasteiger partial charge in [0.25, 0.3) is 0 Å². The molecule has 1 amide bonds. The third-order valence-corrected chi connectivity index (χ3v) is 2.10. The highest BCUT2D eigenvalue weighted by molar-refractivity contribution is 5.92. The maximum Gasteiger partial charge on any atom is 0.411 e. The fourth-order valence-corrected chi connectivity index (χ4v) is 1.27. The molecule has 8 heteroatoms. The summed E-state index contributed by atoms with van der Waals surface area (Å²) in [6.07, 6.45) is -4.35. The molecule has 0 aromatic heterocycles. The second-order valence-corrected chi connectivity index (χ2v) is 3.90. The number of amides is 1. The number of anilines is 1. The molecule has 0 aliphatic carbocycles. The van der Waals surface area contributed by atoms with E-state index in [1.165, 1.54) is 24.3 Å². The minimum atomic E-state index is -4.35. The second kappa shape index (κ2) is 7.81. The van der Waals surface area contributed by atoms with Crippen LogP contribution in [0, 0.1) is 5.82 Å². The number of ether oxygens (including phenoxy) is 1. The monoisotopic (exact) mass is 294 g/mol. The van der Waals surface area contributed by atoms with Crippen molar-refractivity contribution in [3.05, 3.63) is 30.1 Å². The number of halogens is 4. The predicted molar refractivity (Wildman–Crippen MR) is 64.8 cm³/mol. The molecule has 0 spiro atoms. The zero-order valence-electron chi connectivity index (χ0n) is 10.5. The molecule has 0 bridgehead atoms. The zero-order chi connectivity index (χ0) is 15.0. The van der Waals surface area contributed by atoms with Crippen molar-refractivity contribution >= 4 is 11.6 Å². The lowest BCUT2D eigenvalue weighted by Gasteiger charge is -2.09. The van der Waals surface area contributed by atoms with Crippen LogP contribution in [0.3, 0.4) is 0 Å². The van der Waals surface area contributed by atoms with Crippen LogP contribution in [0.4, 0.5) is 23.2 Å². The molecular formula is C12H14F4N2O2. The average Bonchev–Trinajstić information content (AvgIpc) is 2.35. The van der Waals surface area contributed by atoms with E-state index in [4.69, 9.17) is 0 Å². The van der Waals surface area contributed by atoms with Crippen LogP contribution in [0.2, 0.25) is 0 Å². The predicted octanol–water partition coefficient (Wildman–Crippen LogP) is 1.93. The molecule has 0 unspecified atom stereocenters. The maximum absolute atomic E-state index is 12.6. The van der Waals surface area contributed by atoms with Crippen molar-refractivity contribution in [2.24, 2.45) is 0 Å². The summed E-state index contributed by atoms with van der Waals surface area (Å²) in [5.41, 5.74) is 0.437. The van der Waals surface area contributed by atoms with Crippen molar-refractivity contribution in [3.8, 4) is 0 Å². The summed E-state index contributed by atoms with van der Waals surface area (Å²) < 4.78 is 52.1. The summed E-state index contributed by atoms with van der Waals surface area (Å²) in [6.45, 7) is -1.42. The first-order valence-corrected chi connectivity index (χ1v) is 5.77. The van der Waals surface area contributed by atoms with Gasteiger partial charge in [-0.1, -0.05) is 0 Å². The van der Waals surface area contributed by atoms with Gasteiger partial charge in [-0.25, -0.2) is 4.39 Å². The molecule has 20 heavy (non-hydrogen) atoms. The zero-order valence-corrected chi connectivity index (χ0v) is 10.5. The first-order chi connectivity index (χ1) is 9.37. The first-order valence-electron chi connectivity index (χ1n) is 5.77. The Morgan fingerprint density at radius 3 is 2.45 bits per heavy atom. The number of carbonyl (C=O) groups is 1. The van der Waals surface area contributed by atoms with E-state index in [0.717, 1.165) is 0 Å². The van der Waals surface area contributed by atoms with Crippen LogP contribution in [-0.4, -0.2) is 38.4 Å². The maximum atomic E-state index is 12.6. The van der Waals surface area contributed by atoms with E-state index < -0.39 is 18.6 Å². The van der Waals surface area contributed by atoms with E-state index in [-0.39, 0.29) is 25.6 Å². The number of nitrogens with one attached hydrogen (secondary N) is 2. The average molecular weight is 294 g/mol. The minimum absolute atomic E-state index is 0.0766. The van der Waals surface area contributed by atoms with Gasteiger partial charge in [-0.3, -0.25) is 4.79 Å². The molecule has 0 fully saturated rings. The van der Waals surface area contributed by atoms with Crippen LogP contribution < -0.4 is 10.6 Å².